The summed E-state index contributed by atoms with van der Waals surface area (Å²) in [5.74, 6) is 0. The van der Waals surface area contributed by atoms with Crippen LogP contribution < -0.4 is 5.32 Å². The summed E-state index contributed by atoms with van der Waals surface area (Å²) < 4.78 is 0. The summed E-state index contributed by atoms with van der Waals surface area (Å²) in [4.78, 5) is 2.43. The molecule has 2 N–H and O–H groups in total. The molecule has 0 bridgehead atoms. The lowest BCUT2D eigenvalue weighted by Crippen LogP contribution is -2.47. The van der Waals surface area contributed by atoms with E-state index in [1.165, 1.54) is 0 Å². The quantitative estimate of drug-likeness (QED) is 0.677. The smallest absolute Gasteiger partial charge is 0.0610 e. The highest BCUT2D eigenvalue weighted by Crippen LogP contribution is 2.23. The van der Waals surface area contributed by atoms with E-state index in [9.17, 15) is 5.11 Å². The van der Waals surface area contributed by atoms with Crippen molar-refractivity contribution < 1.29 is 5.11 Å². The van der Waals surface area contributed by atoms with Crippen molar-refractivity contribution in [1.29, 1.82) is 0 Å². The fraction of sp³-hybridized carbons (Fsp3) is 1.00. The van der Waals surface area contributed by atoms with Gasteiger partial charge in [-0.1, -0.05) is 27.7 Å². The van der Waals surface area contributed by atoms with E-state index < -0.39 is 0 Å². The summed E-state index contributed by atoms with van der Waals surface area (Å²) >= 11 is 0. The Balaban J connectivity index is 4.12. The van der Waals surface area contributed by atoms with E-state index in [2.05, 4.69) is 58.8 Å². The normalized spacial score (nSPS) is 17.5. The number of nitrogens with one attached hydrogen (secondary N) is 1. The number of nitrogens with zero attached hydrogens (tertiary/aromatic N) is 1. The second-order valence-corrected chi connectivity index (χ2v) is 7.27. The van der Waals surface area contributed by atoms with Crippen LogP contribution in [0.15, 0.2) is 0 Å². The highest BCUT2D eigenvalue weighted by Gasteiger charge is 2.25. The average Bonchev–Trinajstić information content (AvgIpc) is 2.34. The van der Waals surface area contributed by atoms with Gasteiger partial charge < -0.3 is 15.3 Å². The molecule has 0 saturated heterocycles. The van der Waals surface area contributed by atoms with Gasteiger partial charge in [0.25, 0.3) is 0 Å². The topological polar surface area (TPSA) is 35.5 Å². The first-order chi connectivity index (χ1) is 8.66. The monoisotopic (exact) mass is 272 g/mol. The summed E-state index contributed by atoms with van der Waals surface area (Å²) in [5, 5.41) is 13.0. The lowest BCUT2D eigenvalue weighted by Gasteiger charge is -2.36. The largest absolute Gasteiger partial charge is 0.394 e. The Morgan fingerprint density at radius 1 is 1.21 bits per heavy atom. The molecule has 0 radical (unpaired) electrons. The minimum atomic E-state index is -0.123. The van der Waals surface area contributed by atoms with Crippen LogP contribution in [0, 0.1) is 5.41 Å². The van der Waals surface area contributed by atoms with Crippen LogP contribution >= 0.6 is 0 Å². The highest BCUT2D eigenvalue weighted by molar-refractivity contribution is 4.83. The van der Waals surface area contributed by atoms with Crippen molar-refractivity contribution in [2.75, 3.05) is 26.7 Å². The van der Waals surface area contributed by atoms with Gasteiger partial charge in [-0.3, -0.25) is 0 Å². The molecule has 2 unspecified atom stereocenters. The molecule has 0 saturated carbocycles. The first-order valence-electron chi connectivity index (χ1n) is 7.72. The number of hydrogen-bond donors (Lipinski definition) is 2. The predicted octanol–water partition coefficient (Wildman–Crippen LogP) is 2.88. The molecule has 116 valence electrons. The number of aliphatic hydroxyl groups excluding tert-OH is 1. The van der Waals surface area contributed by atoms with E-state index in [-0.39, 0.29) is 12.1 Å². The lowest BCUT2D eigenvalue weighted by molar-refractivity contribution is 0.124. The van der Waals surface area contributed by atoms with Crippen LogP contribution in [0.3, 0.4) is 0 Å². The zero-order chi connectivity index (χ0) is 15.1. The molecule has 19 heavy (non-hydrogen) atoms. The molecule has 0 aliphatic heterocycles. The van der Waals surface area contributed by atoms with Crippen LogP contribution in [-0.2, 0) is 0 Å². The van der Waals surface area contributed by atoms with Gasteiger partial charge in [0.1, 0.15) is 0 Å². The fourth-order valence-electron chi connectivity index (χ4n) is 2.22. The van der Waals surface area contributed by atoms with E-state index >= 15 is 0 Å². The van der Waals surface area contributed by atoms with Gasteiger partial charge in [0.2, 0.25) is 0 Å². The number of aliphatic hydroxyl groups is 1. The van der Waals surface area contributed by atoms with Crippen LogP contribution in [-0.4, -0.2) is 48.3 Å². The van der Waals surface area contributed by atoms with Crippen molar-refractivity contribution in [2.45, 2.75) is 72.4 Å². The van der Waals surface area contributed by atoms with Gasteiger partial charge in [0, 0.05) is 11.6 Å². The van der Waals surface area contributed by atoms with Crippen LogP contribution in [0.4, 0.5) is 0 Å². The van der Waals surface area contributed by atoms with Crippen molar-refractivity contribution in [2.24, 2.45) is 5.41 Å². The number of rotatable bonds is 9. The molecule has 0 aliphatic rings. The van der Waals surface area contributed by atoms with E-state index in [1.54, 1.807) is 0 Å². The highest BCUT2D eigenvalue weighted by atomic mass is 16.3. The lowest BCUT2D eigenvalue weighted by atomic mass is 9.87. The SMILES string of the molecule is CCCNC(C)(CO)CCCN(C)C(C)C(C)(C)C. The fourth-order valence-corrected chi connectivity index (χ4v) is 2.22. The van der Waals surface area contributed by atoms with Crippen molar-refractivity contribution >= 4 is 0 Å². The first-order valence-corrected chi connectivity index (χ1v) is 7.72. The molecule has 0 fully saturated rings. The van der Waals surface area contributed by atoms with Crippen LogP contribution in [0.5, 0.6) is 0 Å². The van der Waals surface area contributed by atoms with Crippen LogP contribution in [0.2, 0.25) is 0 Å². The van der Waals surface area contributed by atoms with Gasteiger partial charge in [-0.05, 0) is 58.7 Å². The average molecular weight is 272 g/mol. The molecular formula is C16H36N2O. The Labute approximate surface area is 120 Å². The second-order valence-electron chi connectivity index (χ2n) is 7.27. The van der Waals surface area contributed by atoms with Gasteiger partial charge >= 0.3 is 0 Å². The van der Waals surface area contributed by atoms with Crippen molar-refractivity contribution in [3.05, 3.63) is 0 Å². The Hall–Kier alpha value is -0.120. The van der Waals surface area contributed by atoms with E-state index in [0.717, 1.165) is 32.4 Å². The molecule has 0 amide bonds. The number of hydrogen-bond acceptors (Lipinski definition) is 3. The van der Waals surface area contributed by atoms with E-state index in [1.807, 2.05) is 0 Å². The van der Waals surface area contributed by atoms with Gasteiger partial charge in [0.15, 0.2) is 0 Å². The third-order valence-electron chi connectivity index (χ3n) is 4.30. The van der Waals surface area contributed by atoms with Crippen LogP contribution in [0.25, 0.3) is 0 Å². The maximum absolute atomic E-state index is 9.54. The van der Waals surface area contributed by atoms with Gasteiger partial charge in [-0.2, -0.15) is 0 Å². The second kappa shape index (κ2) is 8.23. The molecule has 0 heterocycles. The van der Waals surface area contributed by atoms with Gasteiger partial charge in [-0.15, -0.1) is 0 Å². The Kier molecular flexibility index (Phi) is 8.18. The summed E-state index contributed by atoms with van der Waals surface area (Å²) in [6.07, 6.45) is 3.24. The molecule has 2 atom stereocenters. The Morgan fingerprint density at radius 3 is 2.21 bits per heavy atom. The minimum Gasteiger partial charge on any atom is -0.394 e. The van der Waals surface area contributed by atoms with Gasteiger partial charge in [0.05, 0.1) is 6.61 Å². The van der Waals surface area contributed by atoms with E-state index in [4.69, 9.17) is 0 Å². The molecular weight excluding hydrogens is 236 g/mol. The molecule has 0 aromatic heterocycles. The third-order valence-corrected chi connectivity index (χ3v) is 4.30. The molecule has 3 nitrogen and oxygen atoms in total. The predicted molar refractivity (Wildman–Crippen MR) is 84.6 cm³/mol. The van der Waals surface area contributed by atoms with Gasteiger partial charge in [-0.25, -0.2) is 0 Å². The molecule has 0 spiro atoms. The first kappa shape index (κ1) is 18.9. The molecule has 0 aromatic carbocycles. The van der Waals surface area contributed by atoms with Crippen molar-refractivity contribution in [3.63, 3.8) is 0 Å². The summed E-state index contributed by atoms with van der Waals surface area (Å²) in [5.41, 5.74) is 0.192. The maximum Gasteiger partial charge on any atom is 0.0610 e. The summed E-state index contributed by atoms with van der Waals surface area (Å²) in [6.45, 7) is 15.7. The van der Waals surface area contributed by atoms with Crippen molar-refractivity contribution in [3.8, 4) is 0 Å². The zero-order valence-electron chi connectivity index (χ0n) is 14.2. The van der Waals surface area contributed by atoms with Crippen molar-refractivity contribution in [1.82, 2.24) is 10.2 Å². The molecule has 3 heteroatoms. The summed E-state index contributed by atoms with van der Waals surface area (Å²) in [7, 11) is 2.20. The zero-order valence-corrected chi connectivity index (χ0v) is 14.2. The molecule has 0 aliphatic carbocycles. The Bertz CT molecular complexity index is 237. The summed E-state index contributed by atoms with van der Waals surface area (Å²) in [6, 6.07) is 0.566. The van der Waals surface area contributed by atoms with E-state index in [0.29, 0.717) is 11.5 Å². The van der Waals surface area contributed by atoms with Crippen LogP contribution in [0.1, 0.15) is 60.8 Å². The minimum absolute atomic E-state index is 0.123. The third kappa shape index (κ3) is 7.28. The maximum atomic E-state index is 9.54. The Morgan fingerprint density at radius 2 is 1.79 bits per heavy atom. The molecule has 0 rings (SSSR count). The standard InChI is InChI=1S/C16H36N2O/c1-8-11-17-16(6,13-19)10-9-12-18(7)14(2)15(3,4)5/h14,17,19H,8-13H2,1-7H3. The molecule has 0 aromatic rings.